The SMILES string of the molecule is CCCC(CS)(CCC)CSc1ncnc2ccccc12. The first-order valence-corrected chi connectivity index (χ1v) is 9.30. The zero-order valence-electron chi connectivity index (χ0n) is 12.9. The highest BCUT2D eigenvalue weighted by molar-refractivity contribution is 7.99. The number of thiol groups is 1. The molecule has 0 saturated carbocycles. The third-order valence-electron chi connectivity index (χ3n) is 3.92. The van der Waals surface area contributed by atoms with Gasteiger partial charge in [-0.15, -0.1) is 11.8 Å². The van der Waals surface area contributed by atoms with Crippen molar-refractivity contribution in [1.82, 2.24) is 9.97 Å². The molecule has 114 valence electrons. The molecule has 2 nitrogen and oxygen atoms in total. The molecule has 0 bridgehead atoms. The first kappa shape index (κ1) is 16.6. The minimum Gasteiger partial charge on any atom is -0.236 e. The maximum Gasteiger partial charge on any atom is 0.117 e. The van der Waals surface area contributed by atoms with Crippen LogP contribution < -0.4 is 0 Å². The lowest BCUT2D eigenvalue weighted by atomic mass is 9.83. The van der Waals surface area contributed by atoms with Crippen molar-refractivity contribution in [3.8, 4) is 0 Å². The van der Waals surface area contributed by atoms with Crippen molar-refractivity contribution >= 4 is 35.3 Å². The quantitative estimate of drug-likeness (QED) is 0.409. The summed E-state index contributed by atoms with van der Waals surface area (Å²) in [6, 6.07) is 8.24. The summed E-state index contributed by atoms with van der Waals surface area (Å²) in [5, 5.41) is 2.25. The molecule has 2 rings (SSSR count). The van der Waals surface area contributed by atoms with E-state index in [4.69, 9.17) is 0 Å². The van der Waals surface area contributed by atoms with Crippen LogP contribution in [-0.2, 0) is 0 Å². The molecule has 2 aromatic rings. The molecule has 0 unspecified atom stereocenters. The van der Waals surface area contributed by atoms with Crippen LogP contribution in [0, 0.1) is 5.41 Å². The Morgan fingerprint density at radius 3 is 2.48 bits per heavy atom. The fourth-order valence-electron chi connectivity index (χ4n) is 2.85. The fourth-order valence-corrected chi connectivity index (χ4v) is 4.71. The maximum absolute atomic E-state index is 4.64. The highest BCUT2D eigenvalue weighted by Gasteiger charge is 2.27. The monoisotopic (exact) mass is 320 g/mol. The number of hydrogen-bond acceptors (Lipinski definition) is 4. The zero-order chi connectivity index (χ0) is 15.1. The van der Waals surface area contributed by atoms with Gasteiger partial charge in [-0.1, -0.05) is 44.9 Å². The molecule has 0 N–H and O–H groups in total. The highest BCUT2D eigenvalue weighted by atomic mass is 32.2. The number of benzene rings is 1. The Kier molecular flexibility index (Phi) is 6.37. The van der Waals surface area contributed by atoms with Gasteiger partial charge in [-0.05, 0) is 30.1 Å². The predicted octanol–water partition coefficient (Wildman–Crippen LogP) is 5.24. The summed E-state index contributed by atoms with van der Waals surface area (Å²) < 4.78 is 0. The summed E-state index contributed by atoms with van der Waals surface area (Å²) in [7, 11) is 0. The second-order valence-electron chi connectivity index (χ2n) is 5.64. The van der Waals surface area contributed by atoms with Crippen LogP contribution in [0.5, 0.6) is 0 Å². The number of nitrogens with zero attached hydrogens (tertiary/aromatic N) is 2. The van der Waals surface area contributed by atoms with Gasteiger partial charge in [0.05, 0.1) is 5.52 Å². The largest absolute Gasteiger partial charge is 0.236 e. The minimum atomic E-state index is 0.323. The summed E-state index contributed by atoms with van der Waals surface area (Å²) in [5.74, 6) is 2.03. The van der Waals surface area contributed by atoms with Gasteiger partial charge >= 0.3 is 0 Å². The van der Waals surface area contributed by atoms with Crippen LogP contribution in [0.1, 0.15) is 39.5 Å². The van der Waals surface area contributed by atoms with Crippen LogP contribution in [0.3, 0.4) is 0 Å². The number of hydrogen-bond donors (Lipinski definition) is 1. The van der Waals surface area contributed by atoms with Crippen LogP contribution in [0.4, 0.5) is 0 Å². The Balaban J connectivity index is 2.19. The number of para-hydroxylation sites is 1. The van der Waals surface area contributed by atoms with E-state index in [9.17, 15) is 0 Å². The standard InChI is InChI=1S/C17H24N2S2/c1-3-9-17(11-20,10-4-2)12-21-16-14-7-5-6-8-15(14)18-13-19-16/h5-8,13,20H,3-4,9-12H2,1-2H3. The smallest absolute Gasteiger partial charge is 0.117 e. The van der Waals surface area contributed by atoms with E-state index < -0.39 is 0 Å². The second-order valence-corrected chi connectivity index (χ2v) is 6.92. The lowest BCUT2D eigenvalue weighted by Crippen LogP contribution is -2.26. The molecule has 1 aromatic carbocycles. The van der Waals surface area contributed by atoms with Crippen molar-refractivity contribution in [3.05, 3.63) is 30.6 Å². The van der Waals surface area contributed by atoms with Crippen molar-refractivity contribution in [1.29, 1.82) is 0 Å². The van der Waals surface area contributed by atoms with Gasteiger partial charge in [-0.2, -0.15) is 12.6 Å². The molecule has 0 atom stereocenters. The van der Waals surface area contributed by atoms with Crippen molar-refractivity contribution < 1.29 is 0 Å². The molecule has 1 heterocycles. The molecular weight excluding hydrogens is 296 g/mol. The normalized spacial score (nSPS) is 12.0. The Morgan fingerprint density at radius 1 is 1.10 bits per heavy atom. The van der Waals surface area contributed by atoms with Gasteiger partial charge in [-0.3, -0.25) is 0 Å². The van der Waals surface area contributed by atoms with Crippen molar-refractivity contribution in [2.45, 2.75) is 44.6 Å². The minimum absolute atomic E-state index is 0.323. The third kappa shape index (κ3) is 4.13. The number of rotatable bonds is 8. The van der Waals surface area contributed by atoms with Gasteiger partial charge in [0.25, 0.3) is 0 Å². The predicted molar refractivity (Wildman–Crippen MR) is 96.4 cm³/mol. The Labute approximate surface area is 137 Å². The first-order valence-electron chi connectivity index (χ1n) is 7.68. The summed E-state index contributed by atoms with van der Waals surface area (Å²) in [4.78, 5) is 8.83. The molecule has 21 heavy (non-hydrogen) atoms. The Hall–Kier alpha value is -0.740. The van der Waals surface area contributed by atoms with Crippen LogP contribution >= 0.6 is 24.4 Å². The Morgan fingerprint density at radius 2 is 1.81 bits per heavy atom. The van der Waals surface area contributed by atoms with Crippen LogP contribution in [0.15, 0.2) is 35.6 Å². The van der Waals surface area contributed by atoms with Gasteiger partial charge < -0.3 is 0 Å². The number of fused-ring (bicyclic) bond motifs is 1. The van der Waals surface area contributed by atoms with Gasteiger partial charge in [0, 0.05) is 11.1 Å². The topological polar surface area (TPSA) is 25.8 Å². The molecular formula is C17H24N2S2. The average molecular weight is 321 g/mol. The zero-order valence-corrected chi connectivity index (χ0v) is 14.6. The summed E-state index contributed by atoms with van der Waals surface area (Å²) in [5.41, 5.74) is 1.35. The van der Waals surface area contributed by atoms with Gasteiger partial charge in [-0.25, -0.2) is 9.97 Å². The highest BCUT2D eigenvalue weighted by Crippen LogP contribution is 2.38. The molecule has 0 aliphatic heterocycles. The third-order valence-corrected chi connectivity index (χ3v) is 5.94. The molecule has 0 fully saturated rings. The van der Waals surface area contributed by atoms with Crippen molar-refractivity contribution in [2.75, 3.05) is 11.5 Å². The second kappa shape index (κ2) is 8.04. The van der Waals surface area contributed by atoms with E-state index in [1.54, 1.807) is 6.33 Å². The van der Waals surface area contributed by atoms with Gasteiger partial charge in [0.15, 0.2) is 0 Å². The van der Waals surface area contributed by atoms with Crippen LogP contribution in [0.2, 0.25) is 0 Å². The number of thioether (sulfide) groups is 1. The van der Waals surface area contributed by atoms with E-state index >= 15 is 0 Å². The molecule has 0 spiro atoms. The molecule has 0 aliphatic rings. The van der Waals surface area contributed by atoms with E-state index in [1.807, 2.05) is 23.9 Å². The number of aromatic nitrogens is 2. The van der Waals surface area contributed by atoms with E-state index in [1.165, 1.54) is 25.7 Å². The van der Waals surface area contributed by atoms with E-state index in [0.717, 1.165) is 27.4 Å². The summed E-state index contributed by atoms with van der Waals surface area (Å²) >= 11 is 6.50. The van der Waals surface area contributed by atoms with Gasteiger partial charge in [0.1, 0.15) is 11.4 Å². The van der Waals surface area contributed by atoms with Crippen LogP contribution in [-0.4, -0.2) is 21.5 Å². The molecule has 1 aromatic heterocycles. The van der Waals surface area contributed by atoms with E-state index in [0.29, 0.717) is 5.41 Å². The molecule has 4 heteroatoms. The molecule has 0 saturated heterocycles. The first-order chi connectivity index (χ1) is 10.2. The molecule has 0 radical (unpaired) electrons. The maximum atomic E-state index is 4.64. The lowest BCUT2D eigenvalue weighted by Gasteiger charge is -2.31. The average Bonchev–Trinajstić information content (AvgIpc) is 2.53. The summed E-state index contributed by atoms with van der Waals surface area (Å²) in [6.07, 6.45) is 6.57. The van der Waals surface area contributed by atoms with E-state index in [2.05, 4.69) is 48.6 Å². The molecule has 0 amide bonds. The van der Waals surface area contributed by atoms with Gasteiger partial charge in [0.2, 0.25) is 0 Å². The molecule has 0 aliphatic carbocycles. The van der Waals surface area contributed by atoms with Crippen molar-refractivity contribution in [2.24, 2.45) is 5.41 Å². The summed E-state index contributed by atoms with van der Waals surface area (Å²) in [6.45, 7) is 4.52. The van der Waals surface area contributed by atoms with Crippen LogP contribution in [0.25, 0.3) is 10.9 Å². The lowest BCUT2D eigenvalue weighted by molar-refractivity contribution is 0.318. The Bertz CT molecular complexity index is 560. The van der Waals surface area contributed by atoms with E-state index in [-0.39, 0.29) is 0 Å². The fraction of sp³-hybridized carbons (Fsp3) is 0.529. The van der Waals surface area contributed by atoms with Crippen molar-refractivity contribution in [3.63, 3.8) is 0 Å².